The van der Waals surface area contributed by atoms with Gasteiger partial charge in [0.25, 0.3) is 0 Å². The van der Waals surface area contributed by atoms with E-state index >= 15 is 0 Å². The Morgan fingerprint density at radius 2 is 2.00 bits per heavy atom. The van der Waals surface area contributed by atoms with E-state index in [0.717, 1.165) is 12.8 Å². The minimum Gasteiger partial charge on any atom is -0.397 e. The van der Waals surface area contributed by atoms with Gasteiger partial charge < -0.3 is 5.73 Å². The third kappa shape index (κ3) is 2.22. The van der Waals surface area contributed by atoms with E-state index in [9.17, 15) is 13.2 Å². The number of halogens is 4. The number of alkyl halides is 3. The fourth-order valence-corrected chi connectivity index (χ4v) is 2.38. The Kier molecular flexibility index (Phi) is 2.89. The first-order valence-electron chi connectivity index (χ1n) is 5.95. The summed E-state index contributed by atoms with van der Waals surface area (Å²) in [6.45, 7) is 0. The first-order valence-corrected chi connectivity index (χ1v) is 6.33. The van der Waals surface area contributed by atoms with E-state index in [0.29, 0.717) is 11.4 Å². The predicted octanol–water partition coefficient (Wildman–Crippen LogP) is 3.40. The number of nitrogens with zero attached hydrogens (tertiary/aromatic N) is 3. The molecule has 8 heteroatoms. The lowest BCUT2D eigenvalue weighted by Crippen LogP contribution is -2.08. The molecule has 0 aliphatic heterocycles. The molecule has 0 saturated heterocycles. The van der Waals surface area contributed by atoms with Gasteiger partial charge in [-0.3, -0.25) is 0 Å². The summed E-state index contributed by atoms with van der Waals surface area (Å²) in [4.78, 5) is 4.01. The second-order valence-electron chi connectivity index (χ2n) is 4.68. The molecule has 4 nitrogen and oxygen atoms in total. The molecule has 0 bridgehead atoms. The van der Waals surface area contributed by atoms with Crippen LogP contribution in [-0.2, 0) is 6.18 Å². The van der Waals surface area contributed by atoms with Crippen LogP contribution < -0.4 is 5.73 Å². The summed E-state index contributed by atoms with van der Waals surface area (Å²) >= 11 is 5.87. The summed E-state index contributed by atoms with van der Waals surface area (Å²) in [5.74, 6) is 0.281. The van der Waals surface area contributed by atoms with E-state index in [1.807, 2.05) is 0 Å². The quantitative estimate of drug-likeness (QED) is 0.925. The second kappa shape index (κ2) is 4.37. The molecule has 0 spiro atoms. The number of aromatic nitrogens is 3. The van der Waals surface area contributed by atoms with Crippen LogP contribution in [0.4, 0.5) is 18.9 Å². The number of hydrogen-bond donors (Lipinski definition) is 1. The maximum atomic E-state index is 12.9. The molecule has 3 rings (SSSR count). The SMILES string of the molecule is Nc1ccc(-n2nc(C(F)(F)F)c(Cl)c2C2CC2)nc1. The molecule has 2 aromatic heterocycles. The summed E-state index contributed by atoms with van der Waals surface area (Å²) in [5, 5.41) is 3.26. The number of hydrogen-bond acceptors (Lipinski definition) is 3. The van der Waals surface area contributed by atoms with Gasteiger partial charge in [0.2, 0.25) is 0 Å². The second-order valence-corrected chi connectivity index (χ2v) is 5.06. The molecule has 1 aliphatic carbocycles. The molecule has 2 heterocycles. The summed E-state index contributed by atoms with van der Waals surface area (Å²) in [5.41, 5.74) is 5.25. The molecule has 0 atom stereocenters. The molecule has 20 heavy (non-hydrogen) atoms. The van der Waals surface area contributed by atoms with Gasteiger partial charge in [-0.2, -0.15) is 18.3 Å². The average Bonchev–Trinajstić information content (AvgIpc) is 3.13. The Morgan fingerprint density at radius 1 is 1.30 bits per heavy atom. The summed E-state index contributed by atoms with van der Waals surface area (Å²) in [6.07, 6.45) is -1.61. The fraction of sp³-hybridized carbons (Fsp3) is 0.333. The highest BCUT2D eigenvalue weighted by molar-refractivity contribution is 6.32. The lowest BCUT2D eigenvalue weighted by Gasteiger charge is -2.05. The highest BCUT2D eigenvalue weighted by atomic mass is 35.5. The zero-order valence-electron chi connectivity index (χ0n) is 10.2. The zero-order chi connectivity index (χ0) is 14.5. The lowest BCUT2D eigenvalue weighted by atomic mass is 10.2. The van der Waals surface area contributed by atoms with Crippen LogP contribution in [0, 0.1) is 0 Å². The van der Waals surface area contributed by atoms with E-state index in [1.165, 1.54) is 16.9 Å². The van der Waals surface area contributed by atoms with Crippen LogP contribution in [0.5, 0.6) is 0 Å². The van der Waals surface area contributed by atoms with Gasteiger partial charge >= 0.3 is 6.18 Å². The molecule has 2 aromatic rings. The molecule has 0 unspecified atom stereocenters. The number of nitrogen functional groups attached to an aromatic ring is 1. The predicted molar refractivity (Wildman–Crippen MR) is 67.8 cm³/mol. The molecular formula is C12H10ClF3N4. The first-order chi connectivity index (χ1) is 9.38. The average molecular weight is 303 g/mol. The molecule has 1 saturated carbocycles. The van der Waals surface area contributed by atoms with Crippen LogP contribution in [0.25, 0.3) is 5.82 Å². The van der Waals surface area contributed by atoms with Crippen molar-refractivity contribution in [3.8, 4) is 5.82 Å². The van der Waals surface area contributed by atoms with Gasteiger partial charge in [-0.15, -0.1) is 0 Å². The Bertz CT molecular complexity index is 644. The van der Waals surface area contributed by atoms with Gasteiger partial charge in [0.1, 0.15) is 0 Å². The van der Waals surface area contributed by atoms with Crippen molar-refractivity contribution in [2.24, 2.45) is 0 Å². The molecular weight excluding hydrogens is 293 g/mol. The van der Waals surface area contributed by atoms with E-state index in [2.05, 4.69) is 10.1 Å². The Balaban J connectivity index is 2.17. The van der Waals surface area contributed by atoms with Crippen molar-refractivity contribution < 1.29 is 13.2 Å². The molecule has 0 amide bonds. The van der Waals surface area contributed by atoms with Gasteiger partial charge in [-0.05, 0) is 25.0 Å². The topological polar surface area (TPSA) is 56.7 Å². The first kappa shape index (κ1) is 13.2. The van der Waals surface area contributed by atoms with Crippen molar-refractivity contribution in [3.63, 3.8) is 0 Å². The number of nitrogens with two attached hydrogens (primary N) is 1. The number of anilines is 1. The molecule has 0 aromatic carbocycles. The van der Waals surface area contributed by atoms with E-state index < -0.39 is 11.9 Å². The molecule has 106 valence electrons. The van der Waals surface area contributed by atoms with Crippen LogP contribution >= 0.6 is 11.6 Å². The molecule has 1 aliphatic rings. The molecule has 1 fully saturated rings. The summed E-state index contributed by atoms with van der Waals surface area (Å²) < 4.78 is 39.9. The maximum absolute atomic E-state index is 12.9. The van der Waals surface area contributed by atoms with Gasteiger partial charge in [0.05, 0.1) is 22.6 Å². The highest BCUT2D eigenvalue weighted by Gasteiger charge is 2.42. The monoisotopic (exact) mass is 302 g/mol. The number of rotatable bonds is 2. The summed E-state index contributed by atoms with van der Waals surface area (Å²) in [7, 11) is 0. The van der Waals surface area contributed by atoms with Gasteiger partial charge in [0.15, 0.2) is 11.5 Å². The Labute approximate surface area is 117 Å². The Morgan fingerprint density at radius 3 is 2.50 bits per heavy atom. The molecule has 0 radical (unpaired) electrons. The van der Waals surface area contributed by atoms with E-state index in [4.69, 9.17) is 17.3 Å². The maximum Gasteiger partial charge on any atom is 0.436 e. The van der Waals surface area contributed by atoms with E-state index in [-0.39, 0.29) is 16.8 Å². The summed E-state index contributed by atoms with van der Waals surface area (Å²) in [6, 6.07) is 3.08. The van der Waals surface area contributed by atoms with Crippen LogP contribution in [-0.4, -0.2) is 14.8 Å². The minimum absolute atomic E-state index is 0.00505. The van der Waals surface area contributed by atoms with Crippen molar-refractivity contribution in [2.45, 2.75) is 24.9 Å². The standard InChI is InChI=1S/C12H10ClF3N4/c13-9-10(6-1-2-6)20(19-11(9)12(14,15)16)8-4-3-7(17)5-18-8/h3-6H,1-2,17H2. The van der Waals surface area contributed by atoms with Crippen molar-refractivity contribution in [1.29, 1.82) is 0 Å². The third-order valence-electron chi connectivity index (χ3n) is 3.08. The van der Waals surface area contributed by atoms with Crippen LogP contribution in [0.15, 0.2) is 18.3 Å². The van der Waals surface area contributed by atoms with Crippen LogP contribution in [0.2, 0.25) is 5.02 Å². The normalized spacial score (nSPS) is 15.6. The van der Waals surface area contributed by atoms with E-state index in [1.54, 1.807) is 6.07 Å². The third-order valence-corrected chi connectivity index (χ3v) is 3.45. The lowest BCUT2D eigenvalue weighted by molar-refractivity contribution is -0.141. The zero-order valence-corrected chi connectivity index (χ0v) is 10.9. The smallest absolute Gasteiger partial charge is 0.397 e. The largest absolute Gasteiger partial charge is 0.436 e. The Hall–Kier alpha value is -1.76. The van der Waals surface area contributed by atoms with Crippen molar-refractivity contribution in [3.05, 3.63) is 34.7 Å². The molecule has 2 N–H and O–H groups in total. The number of pyridine rings is 1. The fourth-order valence-electron chi connectivity index (χ4n) is 2.00. The van der Waals surface area contributed by atoms with Crippen molar-refractivity contribution in [1.82, 2.24) is 14.8 Å². The van der Waals surface area contributed by atoms with Crippen LogP contribution in [0.3, 0.4) is 0 Å². The van der Waals surface area contributed by atoms with Gasteiger partial charge in [-0.1, -0.05) is 11.6 Å². The van der Waals surface area contributed by atoms with Crippen molar-refractivity contribution >= 4 is 17.3 Å². The van der Waals surface area contributed by atoms with Crippen LogP contribution in [0.1, 0.15) is 30.1 Å². The van der Waals surface area contributed by atoms with Gasteiger partial charge in [0, 0.05) is 5.92 Å². The minimum atomic E-state index is -4.58. The highest BCUT2D eigenvalue weighted by Crippen LogP contribution is 2.47. The van der Waals surface area contributed by atoms with Gasteiger partial charge in [-0.25, -0.2) is 9.67 Å². The van der Waals surface area contributed by atoms with Crippen molar-refractivity contribution in [2.75, 3.05) is 5.73 Å².